The first kappa shape index (κ1) is 20.2. The predicted molar refractivity (Wildman–Crippen MR) is 66.4 cm³/mol. The molecular weight excluding hydrogens is 247 g/mol. The normalized spacial score (nSPS) is 13.1. The van der Waals surface area contributed by atoms with Gasteiger partial charge in [-0.15, -0.1) is 0 Å². The van der Waals surface area contributed by atoms with Crippen LogP contribution < -0.4 is 29.6 Å². The van der Waals surface area contributed by atoms with E-state index >= 15 is 0 Å². The Kier molecular flexibility index (Phi) is 14.2. The minimum atomic E-state index is -4.06. The quantitative estimate of drug-likeness (QED) is 0.330. The van der Waals surface area contributed by atoms with Crippen LogP contribution in [-0.2, 0) is 10.1 Å². The third-order valence-electron chi connectivity index (χ3n) is 2.96. The van der Waals surface area contributed by atoms with Gasteiger partial charge in [-0.1, -0.05) is 58.3 Å². The predicted octanol–water partition coefficient (Wildman–Crippen LogP) is 0.455. The fraction of sp³-hybridized carbons (Fsp3) is 1.00. The zero-order chi connectivity index (χ0) is 12.4. The summed E-state index contributed by atoms with van der Waals surface area (Å²) < 4.78 is 31.8. The molecule has 1 atom stereocenters. The summed E-state index contributed by atoms with van der Waals surface area (Å²) in [6.07, 6.45) is 9.98. The minimum absolute atomic E-state index is 0. The molecule has 0 aliphatic carbocycles. The Balaban J connectivity index is 0. The van der Waals surface area contributed by atoms with E-state index in [4.69, 9.17) is 0 Å². The molecule has 3 nitrogen and oxygen atoms in total. The first-order chi connectivity index (χ1) is 7.48. The third kappa shape index (κ3) is 13.1. The van der Waals surface area contributed by atoms with Crippen LogP contribution in [0.25, 0.3) is 0 Å². The van der Waals surface area contributed by atoms with E-state index in [1.807, 2.05) is 0 Å². The van der Waals surface area contributed by atoms with Gasteiger partial charge in [-0.05, 0) is 13.3 Å². The van der Waals surface area contributed by atoms with Crippen molar-refractivity contribution in [2.24, 2.45) is 0 Å². The summed E-state index contributed by atoms with van der Waals surface area (Å²) in [5.74, 6) is 0. The van der Waals surface area contributed by atoms with Crippen LogP contribution in [0.5, 0.6) is 0 Å². The first-order valence-electron chi connectivity index (χ1n) is 6.43. The van der Waals surface area contributed by atoms with Crippen LogP contribution in [0.15, 0.2) is 0 Å². The van der Waals surface area contributed by atoms with Crippen molar-refractivity contribution in [3.05, 3.63) is 0 Å². The van der Waals surface area contributed by atoms with Crippen LogP contribution >= 0.6 is 0 Å². The summed E-state index contributed by atoms with van der Waals surface area (Å²) in [5, 5.41) is -0.715. The molecule has 0 aromatic heterocycles. The smallest absolute Gasteiger partial charge is 0.748 e. The Hall–Kier alpha value is 0.910. The molecule has 0 aliphatic heterocycles. The van der Waals surface area contributed by atoms with E-state index < -0.39 is 15.4 Å². The molecule has 0 aliphatic rings. The van der Waals surface area contributed by atoms with Gasteiger partial charge in [0.25, 0.3) is 0 Å². The van der Waals surface area contributed by atoms with Crippen molar-refractivity contribution in [2.45, 2.75) is 76.9 Å². The van der Waals surface area contributed by atoms with Gasteiger partial charge >= 0.3 is 29.6 Å². The van der Waals surface area contributed by atoms with Crippen LogP contribution in [-0.4, -0.2) is 18.2 Å². The van der Waals surface area contributed by atoms with Gasteiger partial charge in [-0.2, -0.15) is 0 Å². The fourth-order valence-electron chi connectivity index (χ4n) is 1.71. The Morgan fingerprint density at radius 3 is 1.76 bits per heavy atom. The first-order valence-corrected chi connectivity index (χ1v) is 7.90. The summed E-state index contributed by atoms with van der Waals surface area (Å²) in [7, 11) is -4.06. The second kappa shape index (κ2) is 12.0. The Morgan fingerprint density at radius 1 is 0.941 bits per heavy atom. The number of unbranched alkanes of at least 4 members (excludes halogenated alkanes) is 7. The molecule has 0 saturated carbocycles. The molecule has 0 amide bonds. The van der Waals surface area contributed by atoms with E-state index in [0.717, 1.165) is 19.3 Å². The summed E-state index contributed by atoms with van der Waals surface area (Å²) in [4.78, 5) is 0. The van der Waals surface area contributed by atoms with Gasteiger partial charge in [0.05, 0.1) is 10.1 Å². The van der Waals surface area contributed by atoms with Crippen LogP contribution in [0.3, 0.4) is 0 Å². The van der Waals surface area contributed by atoms with Gasteiger partial charge in [0, 0.05) is 5.25 Å². The summed E-state index contributed by atoms with van der Waals surface area (Å²) in [6.45, 7) is 3.70. The zero-order valence-electron chi connectivity index (χ0n) is 11.6. The fourth-order valence-corrected chi connectivity index (χ4v) is 2.17. The van der Waals surface area contributed by atoms with E-state index in [1.54, 1.807) is 0 Å². The average molecular weight is 272 g/mol. The van der Waals surface area contributed by atoms with Crippen molar-refractivity contribution < 1.29 is 42.5 Å². The molecule has 0 fully saturated rings. The molecule has 1 unspecified atom stereocenters. The van der Waals surface area contributed by atoms with Crippen LogP contribution in [0, 0.1) is 0 Å². The van der Waals surface area contributed by atoms with Crippen molar-refractivity contribution in [1.29, 1.82) is 0 Å². The molecule has 0 heterocycles. The minimum Gasteiger partial charge on any atom is -0.748 e. The Labute approximate surface area is 129 Å². The second-order valence-electron chi connectivity index (χ2n) is 4.57. The number of hydrogen-bond acceptors (Lipinski definition) is 3. The molecule has 0 saturated heterocycles. The van der Waals surface area contributed by atoms with E-state index in [0.29, 0.717) is 6.42 Å². The van der Waals surface area contributed by atoms with Crippen molar-refractivity contribution in [3.8, 4) is 0 Å². The van der Waals surface area contributed by atoms with Gasteiger partial charge in [-0.3, -0.25) is 0 Å². The van der Waals surface area contributed by atoms with Crippen LogP contribution in [0.4, 0.5) is 0 Å². The van der Waals surface area contributed by atoms with Crippen molar-refractivity contribution >= 4 is 10.1 Å². The SMILES string of the molecule is CCCCCCCCCCC(C)S(=O)(=O)[O-].[Na+]. The van der Waals surface area contributed by atoms with Crippen LogP contribution in [0.2, 0.25) is 0 Å². The molecule has 0 bridgehead atoms. The number of rotatable bonds is 10. The maximum absolute atomic E-state index is 10.6. The third-order valence-corrected chi connectivity index (χ3v) is 4.18. The molecule has 0 rings (SSSR count). The molecule has 0 radical (unpaired) electrons. The molecule has 98 valence electrons. The molecular formula is C12H25NaO3S. The van der Waals surface area contributed by atoms with Crippen molar-refractivity contribution in [3.63, 3.8) is 0 Å². The molecule has 5 heteroatoms. The second-order valence-corrected chi connectivity index (χ2v) is 6.36. The van der Waals surface area contributed by atoms with E-state index in [9.17, 15) is 13.0 Å². The van der Waals surface area contributed by atoms with Gasteiger partial charge in [-0.25, -0.2) is 8.42 Å². The summed E-state index contributed by atoms with van der Waals surface area (Å²) >= 11 is 0. The maximum atomic E-state index is 10.6. The molecule has 0 spiro atoms. The Bertz CT molecular complexity index is 252. The average Bonchev–Trinajstić information content (AvgIpc) is 2.20. The molecule has 0 N–H and O–H groups in total. The van der Waals surface area contributed by atoms with Crippen molar-refractivity contribution in [1.82, 2.24) is 0 Å². The standard InChI is InChI=1S/C12H26O3S.Na/c1-3-4-5-6-7-8-9-10-11-12(2)16(13,14)15;/h12H,3-11H2,1-2H3,(H,13,14,15);/q;+1/p-1. The number of hydrogen-bond donors (Lipinski definition) is 0. The zero-order valence-corrected chi connectivity index (χ0v) is 14.4. The van der Waals surface area contributed by atoms with E-state index in [-0.39, 0.29) is 29.6 Å². The summed E-state index contributed by atoms with van der Waals surface area (Å²) in [5.41, 5.74) is 0. The topological polar surface area (TPSA) is 57.2 Å². The monoisotopic (exact) mass is 272 g/mol. The van der Waals surface area contributed by atoms with Crippen molar-refractivity contribution in [2.75, 3.05) is 0 Å². The maximum Gasteiger partial charge on any atom is 1.00 e. The van der Waals surface area contributed by atoms with E-state index in [1.165, 1.54) is 39.0 Å². The van der Waals surface area contributed by atoms with Gasteiger partial charge in [0.15, 0.2) is 0 Å². The van der Waals surface area contributed by atoms with Gasteiger partial charge < -0.3 is 4.55 Å². The summed E-state index contributed by atoms with van der Waals surface area (Å²) in [6, 6.07) is 0. The molecule has 17 heavy (non-hydrogen) atoms. The van der Waals surface area contributed by atoms with Gasteiger partial charge in [0.2, 0.25) is 0 Å². The largest absolute Gasteiger partial charge is 1.00 e. The molecule has 0 aromatic rings. The molecule has 0 aromatic carbocycles. The van der Waals surface area contributed by atoms with Crippen LogP contribution in [0.1, 0.15) is 71.6 Å². The van der Waals surface area contributed by atoms with E-state index in [2.05, 4.69) is 6.92 Å². The van der Waals surface area contributed by atoms with Gasteiger partial charge in [0.1, 0.15) is 0 Å². The Morgan fingerprint density at radius 2 is 1.35 bits per heavy atom.